The van der Waals surface area contributed by atoms with Crippen molar-refractivity contribution >= 4 is 0 Å². The summed E-state index contributed by atoms with van der Waals surface area (Å²) in [6.07, 6.45) is 0.0667. The van der Waals surface area contributed by atoms with E-state index in [1.807, 2.05) is 0 Å². The Morgan fingerprint density at radius 2 is 1.47 bits per heavy atom. The van der Waals surface area contributed by atoms with E-state index in [0.29, 0.717) is 5.56 Å². The van der Waals surface area contributed by atoms with Crippen LogP contribution in [0.2, 0.25) is 0 Å². The van der Waals surface area contributed by atoms with Crippen LogP contribution in [0.4, 0.5) is 17.6 Å². The Morgan fingerprint density at radius 3 is 2.05 bits per heavy atom. The second-order valence-electron chi connectivity index (χ2n) is 4.20. The van der Waals surface area contributed by atoms with E-state index in [-0.39, 0.29) is 12.0 Å². The quantitative estimate of drug-likeness (QED) is 0.670. The van der Waals surface area contributed by atoms with Gasteiger partial charge < -0.3 is 5.73 Å². The first-order valence-electron chi connectivity index (χ1n) is 5.62. The van der Waals surface area contributed by atoms with Crippen LogP contribution in [0, 0.1) is 23.3 Å². The van der Waals surface area contributed by atoms with E-state index in [9.17, 15) is 17.6 Å². The predicted molar refractivity (Wildman–Crippen MR) is 63.3 cm³/mol. The van der Waals surface area contributed by atoms with Crippen LogP contribution in [-0.4, -0.2) is 0 Å². The largest absolute Gasteiger partial charge is 0.324 e. The Morgan fingerprint density at radius 1 is 0.895 bits per heavy atom. The maximum absolute atomic E-state index is 13.4. The molecule has 0 saturated heterocycles. The van der Waals surface area contributed by atoms with Gasteiger partial charge in [-0.3, -0.25) is 0 Å². The number of rotatable bonds is 3. The van der Waals surface area contributed by atoms with Crippen molar-refractivity contribution < 1.29 is 17.6 Å². The monoisotopic (exact) mass is 269 g/mol. The molecule has 1 unspecified atom stereocenters. The third-order valence-corrected chi connectivity index (χ3v) is 2.83. The van der Waals surface area contributed by atoms with Crippen LogP contribution in [0.1, 0.15) is 17.2 Å². The summed E-state index contributed by atoms with van der Waals surface area (Å²) in [5, 5.41) is 0. The molecular formula is C14H11F4N. The molecule has 0 amide bonds. The molecule has 1 nitrogen and oxygen atoms in total. The third kappa shape index (κ3) is 2.93. The fourth-order valence-electron chi connectivity index (χ4n) is 1.81. The molecule has 5 heteroatoms. The van der Waals surface area contributed by atoms with Gasteiger partial charge in [0.1, 0.15) is 5.82 Å². The lowest BCUT2D eigenvalue weighted by atomic mass is 9.99. The van der Waals surface area contributed by atoms with Gasteiger partial charge in [0.2, 0.25) is 0 Å². The molecule has 19 heavy (non-hydrogen) atoms. The second kappa shape index (κ2) is 5.40. The van der Waals surface area contributed by atoms with Crippen LogP contribution in [0.3, 0.4) is 0 Å². The number of nitrogens with two attached hydrogens (primary N) is 1. The Hall–Kier alpha value is -1.88. The normalized spacial score (nSPS) is 12.5. The van der Waals surface area contributed by atoms with E-state index in [2.05, 4.69) is 0 Å². The van der Waals surface area contributed by atoms with Gasteiger partial charge in [-0.25, -0.2) is 17.6 Å². The molecule has 0 heterocycles. The minimum atomic E-state index is -1.54. The zero-order valence-electron chi connectivity index (χ0n) is 9.84. The summed E-state index contributed by atoms with van der Waals surface area (Å²) < 4.78 is 52.4. The Labute approximate surface area is 107 Å². The van der Waals surface area contributed by atoms with Gasteiger partial charge in [-0.2, -0.15) is 0 Å². The first-order chi connectivity index (χ1) is 8.99. The van der Waals surface area contributed by atoms with Gasteiger partial charge in [-0.15, -0.1) is 0 Å². The number of benzene rings is 2. The van der Waals surface area contributed by atoms with Gasteiger partial charge >= 0.3 is 0 Å². The molecular weight excluding hydrogens is 258 g/mol. The van der Waals surface area contributed by atoms with Crippen molar-refractivity contribution in [2.45, 2.75) is 12.5 Å². The highest BCUT2D eigenvalue weighted by Crippen LogP contribution is 2.21. The topological polar surface area (TPSA) is 26.0 Å². The minimum Gasteiger partial charge on any atom is -0.324 e. The van der Waals surface area contributed by atoms with Gasteiger partial charge in [0, 0.05) is 6.04 Å². The van der Waals surface area contributed by atoms with Gasteiger partial charge in [-0.05, 0) is 35.7 Å². The lowest BCUT2D eigenvalue weighted by Crippen LogP contribution is -2.15. The first kappa shape index (κ1) is 13.5. The zero-order valence-corrected chi connectivity index (χ0v) is 9.84. The molecule has 0 spiro atoms. The molecule has 0 aliphatic rings. The highest BCUT2D eigenvalue weighted by molar-refractivity contribution is 5.26. The lowest BCUT2D eigenvalue weighted by Gasteiger charge is -2.13. The van der Waals surface area contributed by atoms with Gasteiger partial charge in [0.15, 0.2) is 17.5 Å². The SMILES string of the molecule is NC(Cc1ccccc1F)c1cc(F)c(F)c(F)c1. The predicted octanol–water partition coefficient (Wildman–Crippen LogP) is 3.49. The van der Waals surface area contributed by atoms with E-state index in [1.165, 1.54) is 18.2 Å². The van der Waals surface area contributed by atoms with Gasteiger partial charge in [0.05, 0.1) is 0 Å². The molecule has 0 aliphatic heterocycles. The third-order valence-electron chi connectivity index (χ3n) is 2.83. The second-order valence-corrected chi connectivity index (χ2v) is 4.20. The van der Waals surface area contributed by atoms with Crippen molar-refractivity contribution in [3.05, 3.63) is 70.8 Å². The number of hydrogen-bond donors (Lipinski definition) is 1. The van der Waals surface area contributed by atoms with Gasteiger partial charge in [0.25, 0.3) is 0 Å². The molecule has 2 rings (SSSR count). The summed E-state index contributed by atoms with van der Waals surface area (Å²) in [7, 11) is 0. The van der Waals surface area contributed by atoms with E-state index in [0.717, 1.165) is 12.1 Å². The summed E-state index contributed by atoms with van der Waals surface area (Å²) in [5.41, 5.74) is 6.18. The van der Waals surface area contributed by atoms with E-state index >= 15 is 0 Å². The maximum Gasteiger partial charge on any atom is 0.194 e. The average molecular weight is 269 g/mol. The summed E-state index contributed by atoms with van der Waals surface area (Å²) in [6, 6.07) is 6.80. The Kier molecular flexibility index (Phi) is 3.85. The molecule has 0 radical (unpaired) electrons. The molecule has 1 atom stereocenters. The molecule has 0 aromatic heterocycles. The van der Waals surface area contributed by atoms with Crippen LogP contribution in [-0.2, 0) is 6.42 Å². The number of hydrogen-bond acceptors (Lipinski definition) is 1. The average Bonchev–Trinajstić information content (AvgIpc) is 2.38. The standard InChI is InChI=1S/C14H11F4N/c15-10-4-2-1-3-8(10)7-13(19)9-5-11(16)14(18)12(17)6-9/h1-6,13H,7,19H2. The molecule has 0 saturated carbocycles. The highest BCUT2D eigenvalue weighted by Gasteiger charge is 2.16. The van der Waals surface area contributed by atoms with E-state index < -0.39 is 29.3 Å². The fourth-order valence-corrected chi connectivity index (χ4v) is 1.81. The first-order valence-corrected chi connectivity index (χ1v) is 5.62. The maximum atomic E-state index is 13.4. The minimum absolute atomic E-state index is 0.0667. The highest BCUT2D eigenvalue weighted by atomic mass is 19.2. The smallest absolute Gasteiger partial charge is 0.194 e. The summed E-state index contributed by atoms with van der Waals surface area (Å²) in [4.78, 5) is 0. The van der Waals surface area contributed by atoms with Crippen molar-refractivity contribution in [2.75, 3.05) is 0 Å². The van der Waals surface area contributed by atoms with Crippen LogP contribution in [0.5, 0.6) is 0 Å². The van der Waals surface area contributed by atoms with E-state index in [1.54, 1.807) is 6.07 Å². The summed E-state index contributed by atoms with van der Waals surface area (Å²) in [5.74, 6) is -4.60. The fraction of sp³-hybridized carbons (Fsp3) is 0.143. The summed E-state index contributed by atoms with van der Waals surface area (Å²) >= 11 is 0. The zero-order chi connectivity index (χ0) is 14.0. The van der Waals surface area contributed by atoms with Crippen LogP contribution >= 0.6 is 0 Å². The molecule has 100 valence electrons. The molecule has 2 aromatic carbocycles. The van der Waals surface area contributed by atoms with Crippen molar-refractivity contribution in [2.24, 2.45) is 5.73 Å². The summed E-state index contributed by atoms with van der Waals surface area (Å²) in [6.45, 7) is 0. The lowest BCUT2D eigenvalue weighted by molar-refractivity contribution is 0.443. The van der Waals surface area contributed by atoms with Crippen molar-refractivity contribution in [3.8, 4) is 0 Å². The van der Waals surface area contributed by atoms with Crippen molar-refractivity contribution in [1.29, 1.82) is 0 Å². The van der Waals surface area contributed by atoms with E-state index in [4.69, 9.17) is 5.73 Å². The van der Waals surface area contributed by atoms with Crippen LogP contribution in [0.15, 0.2) is 36.4 Å². The molecule has 2 N–H and O–H groups in total. The molecule has 0 fully saturated rings. The van der Waals surface area contributed by atoms with Crippen molar-refractivity contribution in [3.63, 3.8) is 0 Å². The molecule has 0 aliphatic carbocycles. The Balaban J connectivity index is 2.26. The number of halogens is 4. The molecule has 0 bridgehead atoms. The van der Waals surface area contributed by atoms with Crippen LogP contribution in [0.25, 0.3) is 0 Å². The van der Waals surface area contributed by atoms with Crippen LogP contribution < -0.4 is 5.73 Å². The van der Waals surface area contributed by atoms with Gasteiger partial charge in [-0.1, -0.05) is 18.2 Å². The Bertz CT molecular complexity index is 575. The van der Waals surface area contributed by atoms with Crippen molar-refractivity contribution in [1.82, 2.24) is 0 Å². The molecule has 2 aromatic rings.